The molecular weight excluding hydrogens is 350 g/mol. The number of carbonyl (C=O) groups excluding carboxylic acids is 1. The van der Waals surface area contributed by atoms with Crippen LogP contribution in [0.5, 0.6) is 0 Å². The van der Waals surface area contributed by atoms with Gasteiger partial charge < -0.3 is 10.6 Å². The van der Waals surface area contributed by atoms with Gasteiger partial charge in [0.15, 0.2) is 0 Å². The van der Waals surface area contributed by atoms with Crippen LogP contribution in [0.3, 0.4) is 0 Å². The summed E-state index contributed by atoms with van der Waals surface area (Å²) >= 11 is 0. The molecule has 1 aromatic carbocycles. The molecule has 0 saturated heterocycles. The molecule has 7 heteroatoms. The molecule has 0 heterocycles. The second-order valence-electron chi connectivity index (χ2n) is 6.76. The molecule has 26 heavy (non-hydrogen) atoms. The van der Waals surface area contributed by atoms with Crippen molar-refractivity contribution < 1.29 is 13.2 Å². The molecule has 144 valence electrons. The number of nitrogens with one attached hydrogen (secondary N) is 2. The Kier molecular flexibility index (Phi) is 7.66. The molecule has 0 radical (unpaired) electrons. The number of carbonyl (C=O) groups is 1. The van der Waals surface area contributed by atoms with Gasteiger partial charge in [-0.1, -0.05) is 25.3 Å². The molecule has 1 aliphatic rings. The molecule has 0 atom stereocenters. The first-order chi connectivity index (χ1) is 12.4. The van der Waals surface area contributed by atoms with Gasteiger partial charge >= 0.3 is 0 Å². The number of hydrogen-bond donors (Lipinski definition) is 2. The van der Waals surface area contributed by atoms with Crippen molar-refractivity contribution in [3.05, 3.63) is 36.9 Å². The number of hydrogen-bond acceptors (Lipinski definition) is 4. The van der Waals surface area contributed by atoms with Crippen LogP contribution < -0.4 is 10.6 Å². The minimum atomic E-state index is -3.52. The lowest BCUT2D eigenvalue weighted by atomic mass is 9.89. The van der Waals surface area contributed by atoms with Gasteiger partial charge in [0.2, 0.25) is 15.9 Å². The van der Waals surface area contributed by atoms with Gasteiger partial charge in [-0.3, -0.25) is 4.79 Å². The minimum absolute atomic E-state index is 0.0435. The van der Waals surface area contributed by atoms with Crippen molar-refractivity contribution in [3.8, 4) is 0 Å². The highest BCUT2D eigenvalue weighted by Gasteiger charge is 2.19. The highest BCUT2D eigenvalue weighted by molar-refractivity contribution is 7.89. The van der Waals surface area contributed by atoms with Gasteiger partial charge in [0.1, 0.15) is 0 Å². The molecule has 1 fully saturated rings. The summed E-state index contributed by atoms with van der Waals surface area (Å²) in [6, 6.07) is 6.42. The molecule has 1 amide bonds. The zero-order chi connectivity index (χ0) is 19.0. The maximum absolute atomic E-state index is 12.3. The molecule has 2 rings (SSSR count). The van der Waals surface area contributed by atoms with E-state index in [1.165, 1.54) is 55.6 Å². The van der Waals surface area contributed by atoms with E-state index in [0.29, 0.717) is 11.6 Å². The summed E-state index contributed by atoms with van der Waals surface area (Å²) in [4.78, 5) is 12.2. The van der Waals surface area contributed by atoms with Crippen LogP contribution in [0, 0.1) is 5.92 Å². The molecule has 0 aromatic heterocycles. The van der Waals surface area contributed by atoms with Crippen LogP contribution >= 0.6 is 0 Å². The van der Waals surface area contributed by atoms with E-state index in [-0.39, 0.29) is 23.9 Å². The number of amides is 1. The molecule has 2 N–H and O–H groups in total. The Balaban J connectivity index is 1.81. The van der Waals surface area contributed by atoms with E-state index >= 15 is 0 Å². The minimum Gasteiger partial charge on any atom is -0.376 e. The van der Waals surface area contributed by atoms with Gasteiger partial charge in [0.05, 0.1) is 11.4 Å². The first-order valence-corrected chi connectivity index (χ1v) is 10.6. The van der Waals surface area contributed by atoms with E-state index in [9.17, 15) is 13.2 Å². The van der Waals surface area contributed by atoms with Crippen LogP contribution in [-0.2, 0) is 14.8 Å². The SMILES string of the molecule is C=CCN(C)S(=O)(=O)c1ccc(NCC(=O)NCC2CCCCC2)cc1. The number of benzene rings is 1. The fourth-order valence-electron chi connectivity index (χ4n) is 3.10. The molecule has 1 aliphatic carbocycles. The quantitative estimate of drug-likeness (QED) is 0.647. The van der Waals surface area contributed by atoms with Gasteiger partial charge in [-0.2, -0.15) is 4.31 Å². The zero-order valence-corrected chi connectivity index (χ0v) is 16.2. The molecular formula is C19H29N3O3S. The second-order valence-corrected chi connectivity index (χ2v) is 8.81. The summed E-state index contributed by atoms with van der Waals surface area (Å²) in [6.45, 7) is 4.73. The topological polar surface area (TPSA) is 78.5 Å². The van der Waals surface area contributed by atoms with Gasteiger partial charge in [-0.25, -0.2) is 8.42 Å². The van der Waals surface area contributed by atoms with Crippen LogP contribution in [0.25, 0.3) is 0 Å². The average molecular weight is 380 g/mol. The van der Waals surface area contributed by atoms with E-state index in [2.05, 4.69) is 17.2 Å². The lowest BCUT2D eigenvalue weighted by Gasteiger charge is -2.21. The molecule has 1 aromatic rings. The number of likely N-dealkylation sites (N-methyl/N-ethyl adjacent to an activating group) is 1. The van der Waals surface area contributed by atoms with E-state index in [0.717, 1.165) is 6.54 Å². The normalized spacial score (nSPS) is 15.6. The highest BCUT2D eigenvalue weighted by atomic mass is 32.2. The van der Waals surface area contributed by atoms with Gasteiger partial charge in [-0.15, -0.1) is 6.58 Å². The summed E-state index contributed by atoms with van der Waals surface area (Å²) < 4.78 is 25.9. The Morgan fingerprint density at radius 3 is 2.50 bits per heavy atom. The lowest BCUT2D eigenvalue weighted by molar-refractivity contribution is -0.119. The predicted molar refractivity (Wildman–Crippen MR) is 105 cm³/mol. The fourth-order valence-corrected chi connectivity index (χ4v) is 4.24. The van der Waals surface area contributed by atoms with Crippen LogP contribution in [0.4, 0.5) is 5.69 Å². The van der Waals surface area contributed by atoms with E-state index in [1.807, 2.05) is 0 Å². The Hall–Kier alpha value is -1.86. The standard InChI is InChI=1S/C19H29N3O3S/c1-3-13-22(2)26(24,25)18-11-9-17(10-12-18)20-15-19(23)21-14-16-7-5-4-6-8-16/h3,9-12,16,20H,1,4-8,13-15H2,2H3,(H,21,23). The van der Waals surface area contributed by atoms with Crippen molar-refractivity contribution in [1.29, 1.82) is 0 Å². The summed E-state index contributed by atoms with van der Waals surface area (Å²) in [5.74, 6) is 0.558. The fraction of sp³-hybridized carbons (Fsp3) is 0.526. The van der Waals surface area contributed by atoms with Crippen LogP contribution in [0.15, 0.2) is 41.8 Å². The average Bonchev–Trinajstić information content (AvgIpc) is 2.66. The zero-order valence-electron chi connectivity index (χ0n) is 15.4. The third-order valence-corrected chi connectivity index (χ3v) is 6.55. The number of nitrogens with zero attached hydrogens (tertiary/aromatic N) is 1. The molecule has 0 aliphatic heterocycles. The predicted octanol–water partition coefficient (Wildman–Crippen LogP) is 2.60. The van der Waals surface area contributed by atoms with Crippen molar-refractivity contribution in [1.82, 2.24) is 9.62 Å². The van der Waals surface area contributed by atoms with Crippen LogP contribution in [0.1, 0.15) is 32.1 Å². The van der Waals surface area contributed by atoms with E-state index in [4.69, 9.17) is 0 Å². The van der Waals surface area contributed by atoms with Crippen molar-refractivity contribution in [2.24, 2.45) is 5.92 Å². The van der Waals surface area contributed by atoms with Crippen molar-refractivity contribution >= 4 is 21.6 Å². The van der Waals surface area contributed by atoms with Crippen LogP contribution in [0.2, 0.25) is 0 Å². The third-order valence-electron chi connectivity index (χ3n) is 4.71. The van der Waals surface area contributed by atoms with Gasteiger partial charge in [-0.05, 0) is 43.0 Å². The lowest BCUT2D eigenvalue weighted by Crippen LogP contribution is -2.34. The molecule has 1 saturated carbocycles. The smallest absolute Gasteiger partial charge is 0.243 e. The number of anilines is 1. The Bertz CT molecular complexity index is 695. The Labute approximate surface area is 156 Å². The monoisotopic (exact) mass is 379 g/mol. The first-order valence-electron chi connectivity index (χ1n) is 9.11. The number of sulfonamides is 1. The van der Waals surface area contributed by atoms with Gasteiger partial charge in [0, 0.05) is 25.8 Å². The summed E-state index contributed by atoms with van der Waals surface area (Å²) in [7, 11) is -2.00. The van der Waals surface area contributed by atoms with Crippen molar-refractivity contribution in [2.75, 3.05) is 32.0 Å². The molecule has 0 bridgehead atoms. The number of rotatable bonds is 9. The third kappa shape index (κ3) is 5.85. The Morgan fingerprint density at radius 2 is 1.88 bits per heavy atom. The highest BCUT2D eigenvalue weighted by Crippen LogP contribution is 2.22. The molecule has 0 unspecified atom stereocenters. The molecule has 0 spiro atoms. The van der Waals surface area contributed by atoms with Gasteiger partial charge in [0.25, 0.3) is 0 Å². The summed E-state index contributed by atoms with van der Waals surface area (Å²) in [5.41, 5.74) is 0.711. The van der Waals surface area contributed by atoms with Crippen molar-refractivity contribution in [3.63, 3.8) is 0 Å². The van der Waals surface area contributed by atoms with E-state index in [1.54, 1.807) is 18.2 Å². The van der Waals surface area contributed by atoms with E-state index < -0.39 is 10.0 Å². The Morgan fingerprint density at radius 1 is 1.23 bits per heavy atom. The summed E-state index contributed by atoms with van der Waals surface area (Å²) in [5, 5.41) is 6.00. The maximum atomic E-state index is 12.3. The van der Waals surface area contributed by atoms with Crippen LogP contribution in [-0.4, -0.2) is 45.3 Å². The maximum Gasteiger partial charge on any atom is 0.243 e. The first kappa shape index (κ1) is 20.5. The second kappa shape index (κ2) is 9.73. The van der Waals surface area contributed by atoms with Crippen molar-refractivity contribution in [2.45, 2.75) is 37.0 Å². The molecule has 6 nitrogen and oxygen atoms in total. The largest absolute Gasteiger partial charge is 0.376 e. The summed E-state index contributed by atoms with van der Waals surface area (Å²) in [6.07, 6.45) is 7.76.